The first-order valence-electron chi connectivity index (χ1n) is 4.02. The number of halogens is 1. The van der Waals surface area contributed by atoms with Crippen LogP contribution in [0.15, 0.2) is 24.3 Å². The van der Waals surface area contributed by atoms with Gasteiger partial charge in [0.1, 0.15) is 0 Å². The van der Waals surface area contributed by atoms with Gasteiger partial charge in [0.15, 0.2) is 0 Å². The highest BCUT2D eigenvalue weighted by Gasteiger charge is 2.09. The predicted octanol–water partition coefficient (Wildman–Crippen LogP) is 2.32. The summed E-state index contributed by atoms with van der Waals surface area (Å²) in [6.45, 7) is 1.99. The first kappa shape index (κ1) is 10.5. The second-order valence-electron chi connectivity index (χ2n) is 2.81. The van der Waals surface area contributed by atoms with Crippen LogP contribution < -0.4 is 0 Å². The lowest BCUT2D eigenvalue weighted by molar-refractivity contribution is 0.608. The molecule has 1 aromatic carbocycles. The van der Waals surface area contributed by atoms with Gasteiger partial charge in [-0.1, -0.05) is 31.2 Å². The largest absolute Gasteiger partial charge is 0.236 e. The standard InChI is InChI=1S/C9H11ClO2S/c1-2-8-5-3-4-6-9(8)7-13(10,11)12/h3-6H,2,7H2,1H3. The summed E-state index contributed by atoms with van der Waals surface area (Å²) in [4.78, 5) is 0. The second-order valence-corrected chi connectivity index (χ2v) is 5.58. The van der Waals surface area contributed by atoms with Crippen LogP contribution in [0.5, 0.6) is 0 Å². The third-order valence-electron chi connectivity index (χ3n) is 1.83. The van der Waals surface area contributed by atoms with Crippen LogP contribution in [0.2, 0.25) is 0 Å². The van der Waals surface area contributed by atoms with Gasteiger partial charge in [-0.05, 0) is 17.5 Å². The van der Waals surface area contributed by atoms with Crippen LogP contribution in [0.1, 0.15) is 18.1 Å². The average Bonchev–Trinajstić information content (AvgIpc) is 2.02. The molecule has 0 radical (unpaired) electrons. The monoisotopic (exact) mass is 218 g/mol. The van der Waals surface area contributed by atoms with E-state index in [1.54, 1.807) is 6.07 Å². The molecule has 0 atom stereocenters. The maximum absolute atomic E-state index is 10.8. The Balaban J connectivity index is 3.01. The third kappa shape index (κ3) is 3.36. The number of aryl methyl sites for hydroxylation is 1. The van der Waals surface area contributed by atoms with Crippen LogP contribution in [-0.4, -0.2) is 8.42 Å². The number of rotatable bonds is 3. The van der Waals surface area contributed by atoms with Gasteiger partial charge < -0.3 is 0 Å². The highest BCUT2D eigenvalue weighted by molar-refractivity contribution is 8.13. The molecule has 0 saturated carbocycles. The van der Waals surface area contributed by atoms with Gasteiger partial charge in [0.2, 0.25) is 9.05 Å². The van der Waals surface area contributed by atoms with E-state index in [-0.39, 0.29) is 5.75 Å². The fourth-order valence-corrected chi connectivity index (χ4v) is 2.23. The normalized spacial score (nSPS) is 11.5. The SMILES string of the molecule is CCc1ccccc1CS(=O)(=O)Cl. The molecule has 1 rings (SSSR count). The summed E-state index contributed by atoms with van der Waals surface area (Å²) in [5.41, 5.74) is 1.83. The summed E-state index contributed by atoms with van der Waals surface area (Å²) in [5.74, 6) is -0.0848. The van der Waals surface area contributed by atoms with Gasteiger partial charge >= 0.3 is 0 Å². The molecular formula is C9H11ClO2S. The number of hydrogen-bond acceptors (Lipinski definition) is 2. The van der Waals surface area contributed by atoms with Gasteiger partial charge in [0.25, 0.3) is 0 Å². The van der Waals surface area contributed by atoms with Gasteiger partial charge in [-0.25, -0.2) is 8.42 Å². The molecular weight excluding hydrogens is 208 g/mol. The minimum absolute atomic E-state index is 0.0848. The molecule has 0 fully saturated rings. The molecule has 13 heavy (non-hydrogen) atoms. The molecule has 0 N–H and O–H groups in total. The minimum atomic E-state index is -3.44. The van der Waals surface area contributed by atoms with Crippen molar-refractivity contribution < 1.29 is 8.42 Å². The van der Waals surface area contributed by atoms with Crippen molar-refractivity contribution in [2.45, 2.75) is 19.1 Å². The average molecular weight is 219 g/mol. The first-order chi connectivity index (χ1) is 6.03. The molecule has 0 unspecified atom stereocenters. The Labute approximate surface area is 83.0 Å². The Kier molecular flexibility index (Phi) is 3.33. The van der Waals surface area contributed by atoms with Crippen molar-refractivity contribution in [1.29, 1.82) is 0 Å². The molecule has 0 saturated heterocycles. The molecule has 0 heterocycles. The summed E-state index contributed by atoms with van der Waals surface area (Å²) in [6, 6.07) is 7.41. The molecule has 0 amide bonds. The second kappa shape index (κ2) is 4.11. The van der Waals surface area contributed by atoms with Crippen molar-refractivity contribution in [1.82, 2.24) is 0 Å². The number of hydrogen-bond donors (Lipinski definition) is 0. The van der Waals surface area contributed by atoms with Crippen molar-refractivity contribution in [3.63, 3.8) is 0 Å². The van der Waals surface area contributed by atoms with E-state index in [4.69, 9.17) is 10.7 Å². The summed E-state index contributed by atoms with van der Waals surface area (Å²) in [6.07, 6.45) is 0.822. The molecule has 0 spiro atoms. The van der Waals surface area contributed by atoms with E-state index in [0.29, 0.717) is 0 Å². The van der Waals surface area contributed by atoms with Gasteiger partial charge in [-0.3, -0.25) is 0 Å². The molecule has 1 aromatic rings. The van der Waals surface area contributed by atoms with Crippen LogP contribution in [0.4, 0.5) is 0 Å². The Morgan fingerprint density at radius 1 is 1.23 bits per heavy atom. The zero-order valence-electron chi connectivity index (χ0n) is 7.33. The summed E-state index contributed by atoms with van der Waals surface area (Å²) in [7, 11) is 1.73. The molecule has 0 aliphatic heterocycles. The summed E-state index contributed by atoms with van der Waals surface area (Å²) >= 11 is 0. The van der Waals surface area contributed by atoms with Crippen LogP contribution in [0, 0.1) is 0 Å². The van der Waals surface area contributed by atoms with E-state index in [1.165, 1.54) is 0 Å². The smallest absolute Gasteiger partial charge is 0.212 e. The van der Waals surface area contributed by atoms with E-state index >= 15 is 0 Å². The Morgan fingerprint density at radius 3 is 2.23 bits per heavy atom. The van der Waals surface area contributed by atoms with E-state index in [2.05, 4.69) is 0 Å². The van der Waals surface area contributed by atoms with E-state index in [9.17, 15) is 8.42 Å². The number of benzene rings is 1. The summed E-state index contributed by atoms with van der Waals surface area (Å²) < 4.78 is 21.7. The predicted molar refractivity (Wildman–Crippen MR) is 54.3 cm³/mol. The van der Waals surface area contributed by atoms with Crippen molar-refractivity contribution in [3.05, 3.63) is 35.4 Å². The van der Waals surface area contributed by atoms with Crippen molar-refractivity contribution in [2.24, 2.45) is 0 Å². The van der Waals surface area contributed by atoms with Gasteiger partial charge in [-0.15, -0.1) is 0 Å². The topological polar surface area (TPSA) is 34.1 Å². The molecule has 0 aliphatic rings. The Morgan fingerprint density at radius 2 is 1.77 bits per heavy atom. The highest BCUT2D eigenvalue weighted by atomic mass is 35.7. The lowest BCUT2D eigenvalue weighted by Crippen LogP contribution is -1.98. The Hall–Kier alpha value is -0.540. The fourth-order valence-electron chi connectivity index (χ4n) is 1.23. The van der Waals surface area contributed by atoms with E-state index in [0.717, 1.165) is 17.5 Å². The quantitative estimate of drug-likeness (QED) is 0.730. The zero-order chi connectivity index (χ0) is 9.90. The molecule has 0 aromatic heterocycles. The fraction of sp³-hybridized carbons (Fsp3) is 0.333. The van der Waals surface area contributed by atoms with Crippen molar-refractivity contribution in [2.75, 3.05) is 0 Å². The lowest BCUT2D eigenvalue weighted by Gasteiger charge is -2.04. The molecule has 0 aliphatic carbocycles. The lowest BCUT2D eigenvalue weighted by atomic mass is 10.1. The Bertz CT molecular complexity index is 384. The van der Waals surface area contributed by atoms with Crippen LogP contribution in [-0.2, 0) is 21.2 Å². The zero-order valence-corrected chi connectivity index (χ0v) is 8.90. The van der Waals surface area contributed by atoms with Crippen LogP contribution >= 0.6 is 10.7 Å². The van der Waals surface area contributed by atoms with Crippen LogP contribution in [0.3, 0.4) is 0 Å². The highest BCUT2D eigenvalue weighted by Crippen LogP contribution is 2.14. The third-order valence-corrected chi connectivity index (χ3v) is 2.81. The van der Waals surface area contributed by atoms with Gasteiger partial charge in [0, 0.05) is 10.7 Å². The van der Waals surface area contributed by atoms with E-state index in [1.807, 2.05) is 25.1 Å². The minimum Gasteiger partial charge on any atom is -0.212 e. The maximum atomic E-state index is 10.8. The first-order valence-corrected chi connectivity index (χ1v) is 6.50. The molecule has 4 heteroatoms. The molecule has 0 bridgehead atoms. The maximum Gasteiger partial charge on any atom is 0.236 e. The van der Waals surface area contributed by atoms with Crippen molar-refractivity contribution in [3.8, 4) is 0 Å². The van der Waals surface area contributed by atoms with Crippen LogP contribution in [0.25, 0.3) is 0 Å². The van der Waals surface area contributed by atoms with Gasteiger partial charge in [0.05, 0.1) is 5.75 Å². The van der Waals surface area contributed by atoms with Crippen molar-refractivity contribution >= 4 is 19.7 Å². The van der Waals surface area contributed by atoms with E-state index < -0.39 is 9.05 Å². The molecule has 2 nitrogen and oxygen atoms in total. The van der Waals surface area contributed by atoms with Gasteiger partial charge in [-0.2, -0.15) is 0 Å². The summed E-state index contributed by atoms with van der Waals surface area (Å²) in [5, 5.41) is 0. The molecule has 72 valence electrons.